The Kier molecular flexibility index (Phi) is 3.06. The van der Waals surface area contributed by atoms with Crippen molar-refractivity contribution in [3.63, 3.8) is 0 Å². The van der Waals surface area contributed by atoms with E-state index in [1.54, 1.807) is 0 Å². The number of hydrogen-bond donors (Lipinski definition) is 1. The van der Waals surface area contributed by atoms with Crippen LogP contribution < -0.4 is 5.32 Å². The van der Waals surface area contributed by atoms with Gasteiger partial charge in [0.2, 0.25) is 0 Å². The molecule has 0 radical (unpaired) electrons. The zero-order valence-corrected chi connectivity index (χ0v) is 6.39. The minimum atomic E-state index is 0.730. The first-order chi connectivity index (χ1) is 4.93. The van der Waals surface area contributed by atoms with Crippen LogP contribution in [-0.4, -0.2) is 25.7 Å². The minimum Gasteiger partial charge on any atom is -0.465 e. The van der Waals surface area contributed by atoms with Crippen LogP contribution in [0, 0.1) is 0 Å². The lowest BCUT2D eigenvalue weighted by atomic mass is 10.4. The van der Waals surface area contributed by atoms with E-state index in [1.165, 1.54) is 6.42 Å². The highest BCUT2D eigenvalue weighted by Gasteiger charge is 2.03. The highest BCUT2D eigenvalue weighted by atomic mass is 16.5. The number of unbranched alkanes of at least 4 members (excludes halogenated alkanes) is 1. The first kappa shape index (κ1) is 7.38. The summed E-state index contributed by atoms with van der Waals surface area (Å²) in [6, 6.07) is 0.730. The van der Waals surface area contributed by atoms with Crippen LogP contribution in [0.3, 0.4) is 0 Å². The van der Waals surface area contributed by atoms with E-state index in [9.17, 15) is 0 Å². The maximum absolute atomic E-state index is 5.28. The van der Waals surface area contributed by atoms with Crippen LogP contribution in [0.5, 0.6) is 0 Å². The highest BCUT2D eigenvalue weighted by molar-refractivity contribution is 5.75. The van der Waals surface area contributed by atoms with Crippen molar-refractivity contribution < 1.29 is 4.74 Å². The number of aliphatic imine (C=N–C) groups is 1. The van der Waals surface area contributed by atoms with E-state index in [0.29, 0.717) is 0 Å². The number of ether oxygens (including phenoxy) is 1. The van der Waals surface area contributed by atoms with Gasteiger partial charge in [0.1, 0.15) is 0 Å². The molecule has 3 nitrogen and oxygen atoms in total. The highest BCUT2D eigenvalue weighted by Crippen LogP contribution is 1.91. The van der Waals surface area contributed by atoms with Gasteiger partial charge in [-0.15, -0.1) is 0 Å². The summed E-state index contributed by atoms with van der Waals surface area (Å²) in [6.45, 7) is 4.73. The van der Waals surface area contributed by atoms with Crippen LogP contribution in [-0.2, 0) is 4.74 Å². The zero-order chi connectivity index (χ0) is 7.23. The lowest BCUT2D eigenvalue weighted by Crippen LogP contribution is -2.21. The Morgan fingerprint density at radius 1 is 1.70 bits per heavy atom. The third-order valence-electron chi connectivity index (χ3n) is 1.38. The smallest absolute Gasteiger partial charge is 0.284 e. The molecule has 1 N–H and O–H groups in total. The number of amidine groups is 1. The summed E-state index contributed by atoms with van der Waals surface area (Å²) in [6.07, 6.45) is 2.29. The predicted octanol–water partition coefficient (Wildman–Crippen LogP) is 0.762. The van der Waals surface area contributed by atoms with E-state index in [1.807, 2.05) is 0 Å². The molecule has 0 amide bonds. The Labute approximate surface area is 61.5 Å². The van der Waals surface area contributed by atoms with Crippen molar-refractivity contribution in [1.82, 2.24) is 5.32 Å². The van der Waals surface area contributed by atoms with Crippen molar-refractivity contribution in [1.29, 1.82) is 0 Å². The Morgan fingerprint density at radius 2 is 2.60 bits per heavy atom. The lowest BCUT2D eigenvalue weighted by Gasteiger charge is -2.03. The molecular formula is C7H14N2O. The Balaban J connectivity index is 2.01. The summed E-state index contributed by atoms with van der Waals surface area (Å²) >= 11 is 0. The Hall–Kier alpha value is -0.730. The molecule has 0 unspecified atom stereocenters. The molecule has 3 heteroatoms. The lowest BCUT2D eigenvalue weighted by molar-refractivity contribution is 0.286. The molecule has 0 bridgehead atoms. The van der Waals surface area contributed by atoms with Gasteiger partial charge in [0.15, 0.2) is 0 Å². The largest absolute Gasteiger partial charge is 0.465 e. The monoisotopic (exact) mass is 142 g/mol. The third-order valence-corrected chi connectivity index (χ3v) is 1.38. The molecule has 1 aliphatic heterocycles. The van der Waals surface area contributed by atoms with E-state index in [2.05, 4.69) is 17.2 Å². The van der Waals surface area contributed by atoms with E-state index >= 15 is 0 Å². The molecule has 10 heavy (non-hydrogen) atoms. The molecule has 0 fully saturated rings. The first-order valence-electron chi connectivity index (χ1n) is 3.84. The van der Waals surface area contributed by atoms with Crippen LogP contribution in [0.4, 0.5) is 0 Å². The second-order valence-corrected chi connectivity index (χ2v) is 2.32. The number of nitrogens with zero attached hydrogens (tertiary/aromatic N) is 1. The standard InChI is InChI=1S/C7H14N2O/c1-2-3-6-10-7-8-4-5-9-7/h2-6H2,1H3,(H,8,9). The van der Waals surface area contributed by atoms with E-state index < -0.39 is 0 Å². The normalized spacial score (nSPS) is 16.3. The van der Waals surface area contributed by atoms with Crippen LogP contribution in [0.15, 0.2) is 4.99 Å². The Bertz CT molecular complexity index is 123. The maximum atomic E-state index is 5.28. The van der Waals surface area contributed by atoms with Crippen molar-refractivity contribution >= 4 is 6.02 Å². The molecule has 0 atom stereocenters. The van der Waals surface area contributed by atoms with Gasteiger partial charge in [0, 0.05) is 6.54 Å². The quantitative estimate of drug-likeness (QED) is 0.590. The van der Waals surface area contributed by atoms with Gasteiger partial charge in [-0.05, 0) is 6.42 Å². The molecule has 0 saturated carbocycles. The van der Waals surface area contributed by atoms with Gasteiger partial charge < -0.3 is 10.1 Å². The number of rotatable bonds is 3. The second kappa shape index (κ2) is 4.14. The fourth-order valence-corrected chi connectivity index (χ4v) is 0.786. The van der Waals surface area contributed by atoms with Crippen molar-refractivity contribution in [2.24, 2.45) is 4.99 Å². The van der Waals surface area contributed by atoms with E-state index in [0.717, 1.165) is 32.1 Å². The van der Waals surface area contributed by atoms with Crippen LogP contribution >= 0.6 is 0 Å². The fourth-order valence-electron chi connectivity index (χ4n) is 0.786. The molecule has 0 saturated heterocycles. The SMILES string of the molecule is CCCCOC1=NCCN1. The molecule has 0 spiro atoms. The van der Waals surface area contributed by atoms with Crippen molar-refractivity contribution in [2.75, 3.05) is 19.7 Å². The number of nitrogens with one attached hydrogen (secondary N) is 1. The second-order valence-electron chi connectivity index (χ2n) is 2.32. The van der Waals surface area contributed by atoms with E-state index in [4.69, 9.17) is 4.74 Å². The molecule has 0 aromatic carbocycles. The molecule has 0 aliphatic carbocycles. The third kappa shape index (κ3) is 2.25. The Morgan fingerprint density at radius 3 is 3.20 bits per heavy atom. The van der Waals surface area contributed by atoms with Gasteiger partial charge in [-0.25, -0.2) is 4.99 Å². The van der Waals surface area contributed by atoms with Crippen molar-refractivity contribution in [3.8, 4) is 0 Å². The van der Waals surface area contributed by atoms with Gasteiger partial charge in [-0.2, -0.15) is 0 Å². The predicted molar refractivity (Wildman–Crippen MR) is 41.2 cm³/mol. The fraction of sp³-hybridized carbons (Fsp3) is 0.857. The summed E-state index contributed by atoms with van der Waals surface area (Å²) in [5.41, 5.74) is 0. The molecule has 1 heterocycles. The van der Waals surface area contributed by atoms with Crippen molar-refractivity contribution in [3.05, 3.63) is 0 Å². The molecule has 58 valence electrons. The topological polar surface area (TPSA) is 33.6 Å². The van der Waals surface area contributed by atoms with Crippen molar-refractivity contribution in [2.45, 2.75) is 19.8 Å². The number of hydrogen-bond acceptors (Lipinski definition) is 3. The summed E-state index contributed by atoms with van der Waals surface area (Å²) < 4.78 is 5.28. The van der Waals surface area contributed by atoms with Gasteiger partial charge >= 0.3 is 0 Å². The average Bonchev–Trinajstić information content (AvgIpc) is 2.41. The average molecular weight is 142 g/mol. The van der Waals surface area contributed by atoms with Gasteiger partial charge in [0.25, 0.3) is 6.02 Å². The van der Waals surface area contributed by atoms with Crippen LogP contribution in [0.25, 0.3) is 0 Å². The zero-order valence-electron chi connectivity index (χ0n) is 6.39. The molecule has 0 aromatic rings. The van der Waals surface area contributed by atoms with Crippen LogP contribution in [0.2, 0.25) is 0 Å². The minimum absolute atomic E-state index is 0.730. The van der Waals surface area contributed by atoms with E-state index in [-0.39, 0.29) is 0 Å². The van der Waals surface area contributed by atoms with Gasteiger partial charge in [-0.1, -0.05) is 13.3 Å². The summed E-state index contributed by atoms with van der Waals surface area (Å²) in [7, 11) is 0. The summed E-state index contributed by atoms with van der Waals surface area (Å²) in [4.78, 5) is 4.09. The van der Waals surface area contributed by atoms with Crippen LogP contribution in [0.1, 0.15) is 19.8 Å². The maximum Gasteiger partial charge on any atom is 0.284 e. The first-order valence-corrected chi connectivity index (χ1v) is 3.84. The molecule has 1 aliphatic rings. The van der Waals surface area contributed by atoms with Gasteiger partial charge in [0.05, 0.1) is 13.2 Å². The summed E-state index contributed by atoms with van der Waals surface area (Å²) in [5, 5.41) is 3.04. The molecular weight excluding hydrogens is 128 g/mol. The molecule has 0 aromatic heterocycles. The van der Waals surface area contributed by atoms with Gasteiger partial charge in [-0.3, -0.25) is 0 Å². The molecule has 1 rings (SSSR count). The summed E-state index contributed by atoms with van der Waals surface area (Å²) in [5.74, 6) is 0.